The minimum Gasteiger partial charge on any atom is -0.491 e. The van der Waals surface area contributed by atoms with E-state index in [9.17, 15) is 9.59 Å². The van der Waals surface area contributed by atoms with Crippen molar-refractivity contribution in [1.82, 2.24) is 10.3 Å². The Morgan fingerprint density at radius 3 is 2.75 bits per heavy atom. The Bertz CT molecular complexity index is 713. The van der Waals surface area contributed by atoms with Crippen LogP contribution in [0.2, 0.25) is 0 Å². The van der Waals surface area contributed by atoms with Gasteiger partial charge in [-0.3, -0.25) is 9.59 Å². The largest absolute Gasteiger partial charge is 0.491 e. The van der Waals surface area contributed by atoms with E-state index < -0.39 is 0 Å². The molecule has 2 N–H and O–H groups in total. The number of aromatic amines is 1. The first-order valence-corrected chi connectivity index (χ1v) is 8.01. The molecule has 2 aromatic rings. The Morgan fingerprint density at radius 1 is 1.25 bits per heavy atom. The van der Waals surface area contributed by atoms with Crippen molar-refractivity contribution in [3.05, 3.63) is 64.1 Å². The smallest absolute Gasteiger partial charge is 0.253 e. The van der Waals surface area contributed by atoms with Crippen molar-refractivity contribution in [3.8, 4) is 5.75 Å². The topological polar surface area (TPSA) is 80.4 Å². The van der Waals surface area contributed by atoms with Gasteiger partial charge in [0.25, 0.3) is 5.91 Å². The molecule has 1 aromatic heterocycles. The predicted molar refractivity (Wildman–Crippen MR) is 89.1 cm³/mol. The molecule has 0 unspecified atom stereocenters. The lowest BCUT2D eigenvalue weighted by molar-refractivity contribution is 0.0679. The van der Waals surface area contributed by atoms with E-state index in [0.29, 0.717) is 18.7 Å². The molecular weight excluding hydrogens is 308 g/mol. The second kappa shape index (κ2) is 7.79. The molecule has 0 radical (unpaired) electrons. The number of pyridine rings is 1. The molecule has 1 aliphatic rings. The van der Waals surface area contributed by atoms with E-state index in [1.54, 1.807) is 0 Å². The Balaban J connectivity index is 1.47. The van der Waals surface area contributed by atoms with E-state index in [2.05, 4.69) is 10.3 Å². The third-order valence-electron chi connectivity index (χ3n) is 3.88. The van der Waals surface area contributed by atoms with Gasteiger partial charge in [-0.25, -0.2) is 0 Å². The lowest BCUT2D eigenvalue weighted by atomic mass is 10.2. The fourth-order valence-corrected chi connectivity index (χ4v) is 2.50. The highest BCUT2D eigenvalue weighted by Gasteiger charge is 2.15. The number of carbonyl (C=O) groups excluding carboxylic acids is 1. The van der Waals surface area contributed by atoms with E-state index in [-0.39, 0.29) is 17.6 Å². The molecule has 24 heavy (non-hydrogen) atoms. The summed E-state index contributed by atoms with van der Waals surface area (Å²) in [5.74, 6) is 0.561. The lowest BCUT2D eigenvalue weighted by Crippen LogP contribution is -2.23. The molecule has 0 aliphatic carbocycles. The van der Waals surface area contributed by atoms with Crippen molar-refractivity contribution in [2.45, 2.75) is 25.5 Å². The van der Waals surface area contributed by atoms with Crippen LogP contribution in [-0.4, -0.2) is 30.2 Å². The number of benzene rings is 1. The molecule has 126 valence electrons. The highest BCUT2D eigenvalue weighted by molar-refractivity contribution is 5.93. The van der Waals surface area contributed by atoms with Crippen molar-refractivity contribution in [3.63, 3.8) is 0 Å². The van der Waals surface area contributed by atoms with Crippen LogP contribution in [-0.2, 0) is 11.3 Å². The van der Waals surface area contributed by atoms with Crippen LogP contribution in [0, 0.1) is 0 Å². The van der Waals surface area contributed by atoms with Gasteiger partial charge in [0.15, 0.2) is 0 Å². The summed E-state index contributed by atoms with van der Waals surface area (Å²) < 4.78 is 11.2. The fraction of sp³-hybridized carbons (Fsp3) is 0.333. The van der Waals surface area contributed by atoms with Gasteiger partial charge in [-0.15, -0.1) is 0 Å². The average molecular weight is 328 g/mol. The third kappa shape index (κ3) is 4.45. The molecule has 1 aromatic carbocycles. The van der Waals surface area contributed by atoms with E-state index in [1.165, 1.54) is 18.3 Å². The van der Waals surface area contributed by atoms with Crippen LogP contribution in [0.1, 0.15) is 28.8 Å². The van der Waals surface area contributed by atoms with Crippen LogP contribution < -0.4 is 15.6 Å². The van der Waals surface area contributed by atoms with Gasteiger partial charge in [-0.05, 0) is 36.6 Å². The second-order valence-corrected chi connectivity index (χ2v) is 5.71. The van der Waals surface area contributed by atoms with Gasteiger partial charge in [-0.1, -0.05) is 12.1 Å². The zero-order valence-electron chi connectivity index (χ0n) is 13.3. The molecule has 0 saturated carbocycles. The molecule has 1 amide bonds. The number of hydrogen-bond acceptors (Lipinski definition) is 4. The Kier molecular flexibility index (Phi) is 5.28. The van der Waals surface area contributed by atoms with Crippen molar-refractivity contribution >= 4 is 5.91 Å². The van der Waals surface area contributed by atoms with Gasteiger partial charge < -0.3 is 19.8 Å². The van der Waals surface area contributed by atoms with E-state index >= 15 is 0 Å². The molecule has 6 nitrogen and oxygen atoms in total. The molecule has 2 heterocycles. The van der Waals surface area contributed by atoms with Gasteiger partial charge in [0.05, 0.1) is 11.7 Å². The third-order valence-corrected chi connectivity index (χ3v) is 3.88. The van der Waals surface area contributed by atoms with Gasteiger partial charge in [0.1, 0.15) is 12.4 Å². The van der Waals surface area contributed by atoms with Crippen LogP contribution in [0.5, 0.6) is 5.75 Å². The maximum atomic E-state index is 12.0. The molecule has 1 fully saturated rings. The van der Waals surface area contributed by atoms with Crippen LogP contribution >= 0.6 is 0 Å². The van der Waals surface area contributed by atoms with Crippen LogP contribution in [0.25, 0.3) is 0 Å². The fourth-order valence-electron chi connectivity index (χ4n) is 2.50. The zero-order chi connectivity index (χ0) is 16.8. The first kappa shape index (κ1) is 16.3. The number of hydrogen-bond donors (Lipinski definition) is 2. The molecule has 1 atom stereocenters. The molecule has 0 spiro atoms. The minimum atomic E-state index is -0.232. The summed E-state index contributed by atoms with van der Waals surface area (Å²) >= 11 is 0. The van der Waals surface area contributed by atoms with Gasteiger partial charge in [0, 0.05) is 25.4 Å². The predicted octanol–water partition coefficient (Wildman–Crippen LogP) is 1.86. The van der Waals surface area contributed by atoms with Crippen molar-refractivity contribution in [2.24, 2.45) is 0 Å². The molecule has 1 saturated heterocycles. The first-order chi connectivity index (χ1) is 11.7. The Labute approximate surface area is 139 Å². The highest BCUT2D eigenvalue weighted by Crippen LogP contribution is 2.16. The zero-order valence-corrected chi connectivity index (χ0v) is 13.3. The average Bonchev–Trinajstić information content (AvgIpc) is 3.13. The summed E-state index contributed by atoms with van der Waals surface area (Å²) in [6.45, 7) is 1.80. The summed E-state index contributed by atoms with van der Waals surface area (Å²) in [6, 6.07) is 10.4. The number of H-pyrrole nitrogens is 1. The molecular formula is C18H20N2O4. The maximum Gasteiger partial charge on any atom is 0.253 e. The maximum absolute atomic E-state index is 12.0. The molecule has 3 rings (SSSR count). The number of nitrogens with one attached hydrogen (secondary N) is 2. The number of carbonyl (C=O) groups is 1. The van der Waals surface area contributed by atoms with Crippen molar-refractivity contribution < 1.29 is 14.3 Å². The first-order valence-electron chi connectivity index (χ1n) is 8.01. The number of amides is 1. The normalized spacial score (nSPS) is 16.8. The number of ether oxygens (including phenoxy) is 2. The van der Waals surface area contributed by atoms with Crippen molar-refractivity contribution in [2.75, 3.05) is 13.2 Å². The lowest BCUT2D eigenvalue weighted by Gasteiger charge is -2.12. The molecule has 6 heteroatoms. The highest BCUT2D eigenvalue weighted by atomic mass is 16.5. The quantitative estimate of drug-likeness (QED) is 0.848. The van der Waals surface area contributed by atoms with Crippen LogP contribution in [0.4, 0.5) is 0 Å². The Hall–Kier alpha value is -2.60. The second-order valence-electron chi connectivity index (χ2n) is 5.71. The van der Waals surface area contributed by atoms with Gasteiger partial charge >= 0.3 is 0 Å². The van der Waals surface area contributed by atoms with Crippen molar-refractivity contribution in [1.29, 1.82) is 0 Å². The summed E-state index contributed by atoms with van der Waals surface area (Å²) in [5, 5.41) is 2.81. The minimum absolute atomic E-state index is 0.196. The standard InChI is InChI=1S/C18H20N2O4/c21-17-8-5-14(11-19-17)18(22)20-10-13-3-6-15(7-4-13)24-12-16-2-1-9-23-16/h3-8,11,16H,1-2,9-10,12H2,(H,19,21)(H,20,22)/t16-/m1/s1. The summed E-state index contributed by atoms with van der Waals surface area (Å²) in [4.78, 5) is 25.4. The van der Waals surface area contributed by atoms with Gasteiger partial charge in [0.2, 0.25) is 5.56 Å². The summed E-state index contributed by atoms with van der Waals surface area (Å²) in [5.41, 5.74) is 1.16. The SMILES string of the molecule is O=C(NCc1ccc(OC[C@H]2CCCO2)cc1)c1ccc(=O)[nH]c1. The number of aromatic nitrogens is 1. The molecule has 1 aliphatic heterocycles. The Morgan fingerprint density at radius 2 is 2.08 bits per heavy atom. The molecule has 0 bridgehead atoms. The summed E-state index contributed by atoms with van der Waals surface area (Å²) in [7, 11) is 0. The monoisotopic (exact) mass is 328 g/mol. The van der Waals surface area contributed by atoms with E-state index in [1.807, 2.05) is 24.3 Å². The van der Waals surface area contributed by atoms with Gasteiger partial charge in [-0.2, -0.15) is 0 Å². The number of rotatable bonds is 6. The van der Waals surface area contributed by atoms with E-state index in [0.717, 1.165) is 30.8 Å². The summed E-state index contributed by atoms with van der Waals surface area (Å²) in [6.07, 6.45) is 3.75. The van der Waals surface area contributed by atoms with E-state index in [4.69, 9.17) is 9.47 Å². The van der Waals surface area contributed by atoms with Crippen LogP contribution in [0.15, 0.2) is 47.4 Å². The van der Waals surface area contributed by atoms with Crippen LogP contribution in [0.3, 0.4) is 0 Å².